The molecule has 0 amide bonds. The molecule has 8 aromatic carbocycles. The van der Waals surface area contributed by atoms with Gasteiger partial charge in [-0.15, -0.1) is 0 Å². The lowest BCUT2D eigenvalue weighted by molar-refractivity contribution is 1.16. The average Bonchev–Trinajstić information content (AvgIpc) is 3.61. The van der Waals surface area contributed by atoms with Gasteiger partial charge in [0, 0.05) is 32.9 Å². The Kier molecular flexibility index (Phi) is 4.75. The van der Waals surface area contributed by atoms with Crippen molar-refractivity contribution >= 4 is 75.9 Å². The molecule has 0 aliphatic carbocycles. The molecule has 0 radical (unpaired) electrons. The van der Waals surface area contributed by atoms with Gasteiger partial charge in [0.2, 0.25) is 0 Å². The summed E-state index contributed by atoms with van der Waals surface area (Å²) in [5.41, 5.74) is 7.19. The Hall–Kier alpha value is -5.86. The summed E-state index contributed by atoms with van der Waals surface area (Å²) in [7, 11) is 0. The number of rotatable bonds is 2. The summed E-state index contributed by atoms with van der Waals surface area (Å²) in [6, 6.07) is 57.8. The summed E-state index contributed by atoms with van der Waals surface area (Å²) in [4.78, 5) is 0. The van der Waals surface area contributed by atoms with Gasteiger partial charge in [-0.2, -0.15) is 0 Å². The summed E-state index contributed by atoms with van der Waals surface area (Å²) >= 11 is 0. The maximum atomic E-state index is 2.45. The summed E-state index contributed by atoms with van der Waals surface area (Å²) in [6.07, 6.45) is 0. The Morgan fingerprint density at radius 3 is 1.05 bits per heavy atom. The highest BCUT2D eigenvalue weighted by molar-refractivity contribution is 6.25. The summed E-state index contributed by atoms with van der Waals surface area (Å²) in [5, 5.41) is 12.8. The standard InChI is InChI=1S/C42H26N2/c1-2-13-31-29(11-1)30-12-3-4-14-32(30)38-25-27(21-23-33(31)38)44-41-20-10-7-17-36(41)37-24-22-28(26-42(37)44)43-39-18-8-5-15-34(39)35-16-6-9-19-40(35)43/h1-26H. The fourth-order valence-corrected chi connectivity index (χ4v) is 7.61. The van der Waals surface area contributed by atoms with Crippen LogP contribution in [0.5, 0.6) is 0 Å². The molecule has 0 N–H and O–H groups in total. The van der Waals surface area contributed by atoms with Gasteiger partial charge in [-0.1, -0.05) is 115 Å². The number of hydrogen-bond acceptors (Lipinski definition) is 0. The first-order chi connectivity index (χ1) is 21.8. The van der Waals surface area contributed by atoms with Crippen molar-refractivity contribution in [3.63, 3.8) is 0 Å². The van der Waals surface area contributed by atoms with Crippen LogP contribution >= 0.6 is 0 Å². The number of nitrogens with zero attached hydrogens (tertiary/aromatic N) is 2. The topological polar surface area (TPSA) is 9.86 Å². The number of aromatic nitrogens is 2. The molecule has 2 heteroatoms. The average molecular weight is 559 g/mol. The van der Waals surface area contributed by atoms with Crippen LogP contribution < -0.4 is 0 Å². The molecule has 0 saturated carbocycles. The molecule has 2 nitrogen and oxygen atoms in total. The summed E-state index contributed by atoms with van der Waals surface area (Å²) < 4.78 is 4.86. The Morgan fingerprint density at radius 2 is 0.545 bits per heavy atom. The molecule has 0 bridgehead atoms. The monoisotopic (exact) mass is 558 g/mol. The van der Waals surface area contributed by atoms with Gasteiger partial charge >= 0.3 is 0 Å². The van der Waals surface area contributed by atoms with Crippen LogP contribution in [-0.4, -0.2) is 9.13 Å². The van der Waals surface area contributed by atoms with Crippen LogP contribution in [0.3, 0.4) is 0 Å². The molecule has 44 heavy (non-hydrogen) atoms. The second-order valence-electron chi connectivity index (χ2n) is 11.7. The van der Waals surface area contributed by atoms with Gasteiger partial charge in [-0.25, -0.2) is 0 Å². The second kappa shape index (κ2) is 8.82. The van der Waals surface area contributed by atoms with E-state index < -0.39 is 0 Å². The van der Waals surface area contributed by atoms with Crippen molar-refractivity contribution < 1.29 is 0 Å². The normalized spacial score (nSPS) is 12.1. The van der Waals surface area contributed by atoms with Crippen LogP contribution in [0, 0.1) is 0 Å². The van der Waals surface area contributed by atoms with E-state index in [2.05, 4.69) is 167 Å². The molecule has 0 unspecified atom stereocenters. The molecule has 0 spiro atoms. The van der Waals surface area contributed by atoms with E-state index in [1.807, 2.05) is 0 Å². The third kappa shape index (κ3) is 3.14. The van der Waals surface area contributed by atoms with E-state index in [0.717, 1.165) is 5.69 Å². The fraction of sp³-hybridized carbons (Fsp3) is 0. The molecular formula is C42H26N2. The quantitative estimate of drug-likeness (QED) is 0.187. The maximum Gasteiger partial charge on any atom is 0.0561 e. The Balaban J connectivity index is 1.31. The molecular weight excluding hydrogens is 532 g/mol. The minimum absolute atomic E-state index is 1.16. The van der Waals surface area contributed by atoms with E-state index in [9.17, 15) is 0 Å². The first-order valence-electron chi connectivity index (χ1n) is 15.2. The minimum atomic E-state index is 1.16. The highest BCUT2D eigenvalue weighted by atomic mass is 15.0. The molecule has 0 aliphatic heterocycles. The first-order valence-corrected chi connectivity index (χ1v) is 15.2. The number of hydrogen-bond donors (Lipinski definition) is 0. The molecule has 0 aliphatic rings. The van der Waals surface area contributed by atoms with E-state index in [1.165, 1.54) is 81.6 Å². The Bertz CT molecular complexity index is 2690. The lowest BCUT2D eigenvalue weighted by atomic mass is 9.94. The van der Waals surface area contributed by atoms with Crippen LogP contribution in [0.2, 0.25) is 0 Å². The van der Waals surface area contributed by atoms with Crippen LogP contribution in [0.15, 0.2) is 158 Å². The second-order valence-corrected chi connectivity index (χ2v) is 11.7. The smallest absolute Gasteiger partial charge is 0.0561 e. The largest absolute Gasteiger partial charge is 0.309 e. The van der Waals surface area contributed by atoms with Gasteiger partial charge in [0.05, 0.1) is 22.1 Å². The van der Waals surface area contributed by atoms with Crippen molar-refractivity contribution in [1.29, 1.82) is 0 Å². The van der Waals surface area contributed by atoms with Crippen LogP contribution in [-0.2, 0) is 0 Å². The summed E-state index contributed by atoms with van der Waals surface area (Å²) in [6.45, 7) is 0. The molecule has 10 aromatic rings. The van der Waals surface area contributed by atoms with Crippen molar-refractivity contribution in [2.75, 3.05) is 0 Å². The third-order valence-electron chi connectivity index (χ3n) is 9.48. The van der Waals surface area contributed by atoms with E-state index >= 15 is 0 Å². The van der Waals surface area contributed by atoms with Crippen molar-refractivity contribution in [2.24, 2.45) is 0 Å². The predicted molar refractivity (Wildman–Crippen MR) is 188 cm³/mol. The zero-order valence-corrected chi connectivity index (χ0v) is 23.9. The van der Waals surface area contributed by atoms with Gasteiger partial charge in [0.15, 0.2) is 0 Å². The number of para-hydroxylation sites is 3. The van der Waals surface area contributed by atoms with E-state index in [0.29, 0.717) is 0 Å². The van der Waals surface area contributed by atoms with E-state index in [4.69, 9.17) is 0 Å². The SMILES string of the molecule is c1ccc2c(c1)c1ccccc1c1cc(-n3c4ccccc4c4ccc(-n5c6ccccc6c6ccccc65)cc43)ccc21. The zero-order valence-electron chi connectivity index (χ0n) is 23.9. The highest BCUT2D eigenvalue weighted by Gasteiger charge is 2.17. The lowest BCUT2D eigenvalue weighted by Gasteiger charge is -2.14. The fourth-order valence-electron chi connectivity index (χ4n) is 7.61. The van der Waals surface area contributed by atoms with Crippen molar-refractivity contribution in [3.8, 4) is 11.4 Å². The van der Waals surface area contributed by atoms with Gasteiger partial charge < -0.3 is 9.13 Å². The molecule has 0 saturated heterocycles. The van der Waals surface area contributed by atoms with Gasteiger partial charge in [-0.05, 0) is 74.8 Å². The van der Waals surface area contributed by atoms with Crippen molar-refractivity contribution in [1.82, 2.24) is 9.13 Å². The molecule has 2 heterocycles. The zero-order chi connectivity index (χ0) is 28.8. The molecule has 0 atom stereocenters. The Morgan fingerprint density at radius 1 is 0.227 bits per heavy atom. The third-order valence-corrected chi connectivity index (χ3v) is 9.48. The first kappa shape index (κ1) is 23.7. The Labute approximate surface area is 253 Å². The lowest BCUT2D eigenvalue weighted by Crippen LogP contribution is -1.97. The van der Waals surface area contributed by atoms with Crippen LogP contribution in [0.25, 0.3) is 87.3 Å². The molecule has 10 rings (SSSR count). The highest BCUT2D eigenvalue weighted by Crippen LogP contribution is 2.39. The van der Waals surface area contributed by atoms with Crippen molar-refractivity contribution in [3.05, 3.63) is 158 Å². The van der Waals surface area contributed by atoms with Crippen LogP contribution in [0.1, 0.15) is 0 Å². The number of benzene rings is 8. The van der Waals surface area contributed by atoms with Crippen molar-refractivity contribution in [2.45, 2.75) is 0 Å². The van der Waals surface area contributed by atoms with E-state index in [1.54, 1.807) is 0 Å². The minimum Gasteiger partial charge on any atom is -0.309 e. The molecule has 2 aromatic heterocycles. The maximum absolute atomic E-state index is 2.45. The van der Waals surface area contributed by atoms with Gasteiger partial charge in [0.25, 0.3) is 0 Å². The van der Waals surface area contributed by atoms with Gasteiger partial charge in [0.1, 0.15) is 0 Å². The van der Waals surface area contributed by atoms with Gasteiger partial charge in [-0.3, -0.25) is 0 Å². The predicted octanol–water partition coefficient (Wildman–Crippen LogP) is 11.3. The van der Waals surface area contributed by atoms with Crippen LogP contribution in [0.4, 0.5) is 0 Å². The number of fused-ring (bicyclic) bond motifs is 12. The van der Waals surface area contributed by atoms with E-state index in [-0.39, 0.29) is 0 Å². The summed E-state index contributed by atoms with van der Waals surface area (Å²) in [5.74, 6) is 0. The molecule has 0 fully saturated rings. The molecule has 204 valence electrons.